The number of benzene rings is 1. The number of para-hydroxylation sites is 1. The molecular formula is C20H31N5O3. The molecule has 1 aliphatic heterocycles. The predicted molar refractivity (Wildman–Crippen MR) is 109 cm³/mol. The fraction of sp³-hybridized carbons (Fsp3) is 0.500. The number of ether oxygens (including phenoxy) is 1. The van der Waals surface area contributed by atoms with Crippen molar-refractivity contribution in [2.24, 2.45) is 5.73 Å². The van der Waals surface area contributed by atoms with E-state index in [2.05, 4.69) is 27.8 Å². The summed E-state index contributed by atoms with van der Waals surface area (Å²) in [5.74, 6) is 0.265. The van der Waals surface area contributed by atoms with Crippen LogP contribution in [0.5, 0.6) is 5.75 Å². The van der Waals surface area contributed by atoms with Crippen LogP contribution >= 0.6 is 0 Å². The van der Waals surface area contributed by atoms with E-state index in [0.717, 1.165) is 24.2 Å². The molecule has 1 heterocycles. The lowest BCUT2D eigenvalue weighted by Gasteiger charge is -2.20. The maximum Gasteiger partial charge on any atom is 0.243 e. The minimum Gasteiger partial charge on any atom is -0.492 e. The molecule has 0 radical (unpaired) electrons. The van der Waals surface area contributed by atoms with E-state index in [-0.39, 0.29) is 30.9 Å². The number of rotatable bonds is 1. The van der Waals surface area contributed by atoms with Gasteiger partial charge >= 0.3 is 0 Å². The van der Waals surface area contributed by atoms with Gasteiger partial charge in [-0.2, -0.15) is 0 Å². The third-order valence-corrected chi connectivity index (χ3v) is 4.43. The summed E-state index contributed by atoms with van der Waals surface area (Å²) in [6.07, 6.45) is 1.53. The zero-order valence-electron chi connectivity index (χ0n) is 16.4. The Morgan fingerprint density at radius 1 is 1.21 bits per heavy atom. The lowest BCUT2D eigenvalue weighted by molar-refractivity contribution is -0.128. The van der Waals surface area contributed by atoms with Crippen LogP contribution in [0.25, 0.3) is 0 Å². The molecule has 28 heavy (non-hydrogen) atoms. The Labute approximate surface area is 166 Å². The van der Waals surface area contributed by atoms with Crippen molar-refractivity contribution in [3.63, 3.8) is 0 Å². The Morgan fingerprint density at radius 3 is 2.79 bits per heavy atom. The van der Waals surface area contributed by atoms with Gasteiger partial charge in [-0.3, -0.25) is 9.59 Å². The highest BCUT2D eigenvalue weighted by Crippen LogP contribution is 2.19. The van der Waals surface area contributed by atoms with E-state index in [0.29, 0.717) is 25.4 Å². The molecule has 0 bridgehead atoms. The SMILES string of the molecule is C=C1CN[C@@H](C)COc2ccccc2CCCNC(=O)C(CN)NC(=O)CN1. The minimum atomic E-state index is -0.754. The Hall–Kier alpha value is -2.58. The quantitative estimate of drug-likeness (QED) is 0.448. The molecule has 2 atom stereocenters. The number of fused-ring (bicyclic) bond motifs is 1. The second-order valence-electron chi connectivity index (χ2n) is 6.91. The van der Waals surface area contributed by atoms with E-state index in [9.17, 15) is 9.59 Å². The van der Waals surface area contributed by atoms with Crippen molar-refractivity contribution < 1.29 is 14.3 Å². The van der Waals surface area contributed by atoms with Gasteiger partial charge in [0.05, 0.1) is 6.54 Å². The summed E-state index contributed by atoms with van der Waals surface area (Å²) < 4.78 is 5.97. The molecule has 0 aromatic heterocycles. The lowest BCUT2D eigenvalue weighted by Crippen LogP contribution is -2.52. The number of hydrogen-bond acceptors (Lipinski definition) is 6. The van der Waals surface area contributed by atoms with Crippen LogP contribution in [0.4, 0.5) is 0 Å². The van der Waals surface area contributed by atoms with Gasteiger partial charge in [0.1, 0.15) is 18.4 Å². The molecule has 0 aliphatic carbocycles. The second kappa shape index (κ2) is 11.3. The van der Waals surface area contributed by atoms with Gasteiger partial charge in [-0.05, 0) is 31.4 Å². The Bertz CT molecular complexity index is 680. The van der Waals surface area contributed by atoms with Crippen molar-refractivity contribution in [3.05, 3.63) is 42.1 Å². The highest BCUT2D eigenvalue weighted by molar-refractivity contribution is 5.88. The summed E-state index contributed by atoms with van der Waals surface area (Å²) in [7, 11) is 0. The Morgan fingerprint density at radius 2 is 2.00 bits per heavy atom. The monoisotopic (exact) mass is 389 g/mol. The van der Waals surface area contributed by atoms with Crippen molar-refractivity contribution in [3.8, 4) is 5.75 Å². The average Bonchev–Trinajstić information content (AvgIpc) is 2.70. The molecule has 1 aromatic carbocycles. The van der Waals surface area contributed by atoms with Crippen LogP contribution in [0.1, 0.15) is 18.9 Å². The Balaban J connectivity index is 2.05. The molecule has 2 rings (SSSR count). The van der Waals surface area contributed by atoms with Gasteiger partial charge in [0.15, 0.2) is 0 Å². The zero-order valence-corrected chi connectivity index (χ0v) is 16.4. The fourth-order valence-electron chi connectivity index (χ4n) is 2.78. The molecular weight excluding hydrogens is 358 g/mol. The molecule has 0 fully saturated rings. The Kier molecular flexibility index (Phi) is 8.77. The summed E-state index contributed by atoms with van der Waals surface area (Å²) >= 11 is 0. The summed E-state index contributed by atoms with van der Waals surface area (Å²) in [4.78, 5) is 24.3. The van der Waals surface area contributed by atoms with E-state index in [1.807, 2.05) is 31.2 Å². The summed E-state index contributed by atoms with van der Waals surface area (Å²) in [5.41, 5.74) is 7.42. The molecule has 2 amide bonds. The van der Waals surface area contributed by atoms with Gasteiger partial charge in [-0.25, -0.2) is 0 Å². The van der Waals surface area contributed by atoms with Crippen LogP contribution in [0.2, 0.25) is 0 Å². The van der Waals surface area contributed by atoms with Gasteiger partial charge in [0.25, 0.3) is 0 Å². The highest BCUT2D eigenvalue weighted by atomic mass is 16.5. The number of aryl methyl sites for hydroxylation is 1. The van der Waals surface area contributed by atoms with Crippen molar-refractivity contribution in [2.45, 2.75) is 31.8 Å². The maximum atomic E-state index is 12.3. The summed E-state index contributed by atoms with van der Waals surface area (Å²) in [5, 5.41) is 11.7. The van der Waals surface area contributed by atoms with Crippen LogP contribution in [0.15, 0.2) is 36.5 Å². The minimum absolute atomic E-state index is 0.0303. The number of nitrogens with two attached hydrogens (primary N) is 1. The first-order chi connectivity index (χ1) is 13.5. The third kappa shape index (κ3) is 7.21. The number of hydrogen-bond donors (Lipinski definition) is 5. The number of carbonyl (C=O) groups excluding carboxylic acids is 2. The van der Waals surface area contributed by atoms with Gasteiger partial charge in [-0.1, -0.05) is 24.8 Å². The number of carbonyl (C=O) groups is 2. The maximum absolute atomic E-state index is 12.3. The van der Waals surface area contributed by atoms with Crippen molar-refractivity contribution in [1.29, 1.82) is 0 Å². The summed E-state index contributed by atoms with van der Waals surface area (Å²) in [6, 6.07) is 7.27. The van der Waals surface area contributed by atoms with Crippen molar-refractivity contribution in [1.82, 2.24) is 21.3 Å². The molecule has 0 spiro atoms. The average molecular weight is 390 g/mol. The molecule has 8 nitrogen and oxygen atoms in total. The van der Waals surface area contributed by atoms with Crippen molar-refractivity contribution in [2.75, 3.05) is 32.8 Å². The highest BCUT2D eigenvalue weighted by Gasteiger charge is 2.19. The van der Waals surface area contributed by atoms with Crippen LogP contribution in [-0.2, 0) is 16.0 Å². The molecule has 8 heteroatoms. The molecule has 154 valence electrons. The first kappa shape index (κ1) is 21.7. The normalized spacial score (nSPS) is 23.1. The van der Waals surface area contributed by atoms with E-state index < -0.39 is 6.04 Å². The van der Waals surface area contributed by atoms with Gasteiger partial charge < -0.3 is 31.7 Å². The van der Waals surface area contributed by atoms with Crippen LogP contribution < -0.4 is 31.7 Å². The van der Waals surface area contributed by atoms with E-state index in [1.54, 1.807) is 0 Å². The second-order valence-corrected chi connectivity index (χ2v) is 6.91. The van der Waals surface area contributed by atoms with E-state index in [4.69, 9.17) is 10.5 Å². The van der Waals surface area contributed by atoms with Gasteiger partial charge in [0, 0.05) is 31.4 Å². The predicted octanol–water partition coefficient (Wildman–Crippen LogP) is -0.347. The van der Waals surface area contributed by atoms with Crippen LogP contribution in [0.3, 0.4) is 0 Å². The number of amides is 2. The molecule has 1 aliphatic rings. The number of nitrogens with one attached hydrogen (secondary N) is 4. The van der Waals surface area contributed by atoms with Crippen LogP contribution in [0, 0.1) is 0 Å². The largest absolute Gasteiger partial charge is 0.492 e. The first-order valence-corrected chi connectivity index (χ1v) is 9.62. The van der Waals surface area contributed by atoms with Crippen molar-refractivity contribution >= 4 is 11.8 Å². The standard InChI is InChI=1S/C20H31N5O3/c1-14-11-23-15(2)13-28-18-8-4-3-6-16(18)7-5-9-22-20(27)17(10-21)25-19(26)12-24-14/h3-4,6,8,15,17,23-24H,1,5,7,9-13,21H2,2H3,(H,22,27)(H,25,26)/t15-,17?/m0/s1. The van der Waals surface area contributed by atoms with E-state index in [1.165, 1.54) is 0 Å². The molecule has 1 aromatic rings. The zero-order chi connectivity index (χ0) is 20.4. The van der Waals surface area contributed by atoms with Gasteiger partial charge in [0.2, 0.25) is 11.8 Å². The first-order valence-electron chi connectivity index (χ1n) is 9.62. The molecule has 6 N–H and O–H groups in total. The summed E-state index contributed by atoms with van der Waals surface area (Å²) in [6.45, 7) is 7.51. The third-order valence-electron chi connectivity index (χ3n) is 4.43. The molecule has 0 saturated carbocycles. The molecule has 0 saturated heterocycles. The lowest BCUT2D eigenvalue weighted by atomic mass is 10.1. The fourth-order valence-corrected chi connectivity index (χ4v) is 2.78. The van der Waals surface area contributed by atoms with E-state index >= 15 is 0 Å². The topological polar surface area (TPSA) is 118 Å². The smallest absolute Gasteiger partial charge is 0.243 e. The van der Waals surface area contributed by atoms with Crippen LogP contribution in [-0.4, -0.2) is 56.7 Å². The van der Waals surface area contributed by atoms with Gasteiger partial charge in [-0.15, -0.1) is 0 Å². The molecule has 1 unspecified atom stereocenters.